The molecule has 3 aromatic rings. The summed E-state index contributed by atoms with van der Waals surface area (Å²) in [5.41, 5.74) is 1.42. The van der Waals surface area contributed by atoms with Crippen LogP contribution in [-0.4, -0.2) is 21.7 Å². The van der Waals surface area contributed by atoms with Gasteiger partial charge in [0.2, 0.25) is 4.96 Å². The second-order valence-corrected chi connectivity index (χ2v) is 4.98. The molecule has 3 rings (SSSR count). The second kappa shape index (κ2) is 4.83. The van der Waals surface area contributed by atoms with Crippen molar-refractivity contribution in [1.29, 1.82) is 5.26 Å². The monoisotopic (exact) mass is 286 g/mol. The number of nitrogens with zero attached hydrogens (tertiary/aromatic N) is 4. The average molecular weight is 286 g/mol. The summed E-state index contributed by atoms with van der Waals surface area (Å²) in [6, 6.07) is 7.03. The molecular weight excluding hydrogens is 276 g/mol. The molecule has 0 N–H and O–H groups in total. The Morgan fingerprint density at radius 3 is 2.90 bits per heavy atom. The van der Waals surface area contributed by atoms with Crippen LogP contribution in [0.5, 0.6) is 16.7 Å². The molecule has 0 amide bonds. The van der Waals surface area contributed by atoms with Crippen molar-refractivity contribution in [2.24, 2.45) is 0 Å². The van der Waals surface area contributed by atoms with Crippen molar-refractivity contribution < 1.29 is 9.47 Å². The summed E-state index contributed by atoms with van der Waals surface area (Å²) in [5.74, 6) is 1.01. The van der Waals surface area contributed by atoms with Crippen molar-refractivity contribution in [3.05, 3.63) is 35.7 Å². The largest absolute Gasteiger partial charge is 0.493 e. The maximum absolute atomic E-state index is 8.86. The van der Waals surface area contributed by atoms with Crippen LogP contribution >= 0.6 is 11.3 Å². The number of ether oxygens (including phenoxy) is 2. The lowest BCUT2D eigenvalue weighted by atomic mass is 10.2. The third kappa shape index (κ3) is 2.17. The highest BCUT2D eigenvalue weighted by molar-refractivity contribution is 7.18. The van der Waals surface area contributed by atoms with Crippen molar-refractivity contribution in [1.82, 2.24) is 14.6 Å². The third-order valence-corrected chi connectivity index (χ3v) is 3.44. The Labute approximate surface area is 118 Å². The molecule has 0 saturated carbocycles. The Morgan fingerprint density at radius 1 is 1.35 bits per heavy atom. The highest BCUT2D eigenvalue weighted by atomic mass is 32.1. The Balaban J connectivity index is 1.93. The van der Waals surface area contributed by atoms with Gasteiger partial charge in [0.05, 0.1) is 30.6 Å². The van der Waals surface area contributed by atoms with Gasteiger partial charge in [0.15, 0.2) is 11.5 Å². The minimum atomic E-state index is 0.468. The van der Waals surface area contributed by atoms with Crippen molar-refractivity contribution >= 4 is 16.3 Å². The molecular formula is C13H10N4O2S. The molecule has 6 nitrogen and oxygen atoms in total. The molecule has 0 saturated heterocycles. The van der Waals surface area contributed by atoms with Crippen LogP contribution in [0.25, 0.3) is 4.96 Å². The molecule has 1 aromatic carbocycles. The van der Waals surface area contributed by atoms with E-state index in [0.29, 0.717) is 22.3 Å². The van der Waals surface area contributed by atoms with Gasteiger partial charge in [-0.3, -0.25) is 0 Å². The number of aromatic nitrogens is 3. The molecule has 0 atom stereocenters. The maximum atomic E-state index is 8.86. The van der Waals surface area contributed by atoms with Gasteiger partial charge in [-0.25, -0.2) is 9.50 Å². The van der Waals surface area contributed by atoms with E-state index in [1.807, 2.05) is 13.1 Å². The van der Waals surface area contributed by atoms with Crippen molar-refractivity contribution in [2.45, 2.75) is 6.92 Å². The minimum Gasteiger partial charge on any atom is -0.493 e. The van der Waals surface area contributed by atoms with Crippen LogP contribution in [0, 0.1) is 18.3 Å². The summed E-state index contributed by atoms with van der Waals surface area (Å²) >= 11 is 1.34. The van der Waals surface area contributed by atoms with Crippen LogP contribution in [-0.2, 0) is 0 Å². The van der Waals surface area contributed by atoms with Crippen LogP contribution in [0.2, 0.25) is 0 Å². The number of hydrogen-bond donors (Lipinski definition) is 0. The number of aryl methyl sites for hydroxylation is 1. The molecule has 2 heterocycles. The number of benzene rings is 1. The molecule has 0 aliphatic carbocycles. The minimum absolute atomic E-state index is 0.468. The molecule has 0 aliphatic rings. The fourth-order valence-corrected chi connectivity index (χ4v) is 2.54. The zero-order valence-corrected chi connectivity index (χ0v) is 11.6. The van der Waals surface area contributed by atoms with E-state index in [1.54, 1.807) is 22.7 Å². The van der Waals surface area contributed by atoms with Crippen LogP contribution in [0.1, 0.15) is 11.3 Å². The summed E-state index contributed by atoms with van der Waals surface area (Å²) in [7, 11) is 1.53. The highest BCUT2D eigenvalue weighted by Crippen LogP contribution is 2.34. The second-order valence-electron chi connectivity index (χ2n) is 4.06. The number of nitriles is 1. The summed E-state index contributed by atoms with van der Waals surface area (Å²) in [5, 5.41) is 13.6. The van der Waals surface area contributed by atoms with Gasteiger partial charge in [0, 0.05) is 6.07 Å². The van der Waals surface area contributed by atoms with Gasteiger partial charge in [-0.15, -0.1) is 5.10 Å². The predicted octanol–water partition coefficient (Wildman–Crippen LogP) is 2.77. The molecule has 0 aliphatic heterocycles. The van der Waals surface area contributed by atoms with Gasteiger partial charge in [0.25, 0.3) is 5.19 Å². The first-order valence-electron chi connectivity index (χ1n) is 5.78. The van der Waals surface area contributed by atoms with Crippen molar-refractivity contribution in [3.8, 4) is 22.8 Å². The summed E-state index contributed by atoms with van der Waals surface area (Å²) < 4.78 is 12.6. The standard InChI is InChI=1S/C13H10N4O2S/c1-8-7-17-12(15-8)20-13(16-17)19-10-4-3-9(6-14)5-11(10)18-2/h3-5,7H,1-2H3. The first-order chi connectivity index (χ1) is 9.69. The summed E-state index contributed by atoms with van der Waals surface area (Å²) in [4.78, 5) is 5.08. The summed E-state index contributed by atoms with van der Waals surface area (Å²) in [6.07, 6.45) is 1.83. The first-order valence-corrected chi connectivity index (χ1v) is 6.60. The topological polar surface area (TPSA) is 72.4 Å². The predicted molar refractivity (Wildman–Crippen MR) is 73.4 cm³/mol. The SMILES string of the molecule is COc1cc(C#N)ccc1Oc1nn2cc(C)nc2s1. The van der Waals surface area contributed by atoms with E-state index in [2.05, 4.69) is 16.2 Å². The van der Waals surface area contributed by atoms with Crippen LogP contribution < -0.4 is 9.47 Å². The van der Waals surface area contributed by atoms with Gasteiger partial charge >= 0.3 is 0 Å². The zero-order chi connectivity index (χ0) is 14.1. The summed E-state index contributed by atoms with van der Waals surface area (Å²) in [6.45, 7) is 1.91. The number of imidazole rings is 1. The van der Waals surface area contributed by atoms with Gasteiger partial charge in [0.1, 0.15) is 0 Å². The van der Waals surface area contributed by atoms with E-state index in [4.69, 9.17) is 14.7 Å². The normalized spacial score (nSPS) is 10.4. The Kier molecular flexibility index (Phi) is 3.00. The molecule has 0 bridgehead atoms. The van der Waals surface area contributed by atoms with Gasteiger partial charge in [-0.2, -0.15) is 5.26 Å². The van der Waals surface area contributed by atoms with E-state index in [-0.39, 0.29) is 0 Å². The maximum Gasteiger partial charge on any atom is 0.300 e. The highest BCUT2D eigenvalue weighted by Gasteiger charge is 2.12. The fraction of sp³-hybridized carbons (Fsp3) is 0.154. The molecule has 0 radical (unpaired) electrons. The molecule has 100 valence electrons. The lowest BCUT2D eigenvalue weighted by Gasteiger charge is -2.07. The van der Waals surface area contributed by atoms with Gasteiger partial charge in [-0.1, -0.05) is 0 Å². The van der Waals surface area contributed by atoms with E-state index >= 15 is 0 Å². The average Bonchev–Trinajstić information content (AvgIpc) is 2.95. The van der Waals surface area contributed by atoms with Crippen LogP contribution in [0.15, 0.2) is 24.4 Å². The third-order valence-electron chi connectivity index (χ3n) is 2.64. The van der Waals surface area contributed by atoms with E-state index in [9.17, 15) is 0 Å². The molecule has 0 fully saturated rings. The number of hydrogen-bond acceptors (Lipinski definition) is 6. The number of methoxy groups -OCH3 is 1. The molecule has 2 aromatic heterocycles. The Morgan fingerprint density at radius 2 is 2.20 bits per heavy atom. The number of fused-ring (bicyclic) bond motifs is 1. The number of rotatable bonds is 3. The van der Waals surface area contributed by atoms with Crippen molar-refractivity contribution in [2.75, 3.05) is 7.11 Å². The van der Waals surface area contributed by atoms with E-state index in [1.165, 1.54) is 18.4 Å². The zero-order valence-electron chi connectivity index (χ0n) is 10.8. The van der Waals surface area contributed by atoms with Gasteiger partial charge in [-0.05, 0) is 30.4 Å². The molecule has 0 unspecified atom stereocenters. The lowest BCUT2D eigenvalue weighted by molar-refractivity contribution is 0.376. The van der Waals surface area contributed by atoms with E-state index in [0.717, 1.165) is 10.7 Å². The first kappa shape index (κ1) is 12.4. The molecule has 20 heavy (non-hydrogen) atoms. The quantitative estimate of drug-likeness (QED) is 0.740. The van der Waals surface area contributed by atoms with E-state index < -0.39 is 0 Å². The Hall–Kier alpha value is -2.59. The van der Waals surface area contributed by atoms with Crippen molar-refractivity contribution in [3.63, 3.8) is 0 Å². The van der Waals surface area contributed by atoms with Crippen LogP contribution in [0.3, 0.4) is 0 Å². The smallest absolute Gasteiger partial charge is 0.300 e. The Bertz CT molecular complexity index is 784. The molecule has 0 spiro atoms. The fourth-order valence-electron chi connectivity index (χ4n) is 1.75. The van der Waals surface area contributed by atoms with Crippen LogP contribution in [0.4, 0.5) is 0 Å². The van der Waals surface area contributed by atoms with Gasteiger partial charge < -0.3 is 9.47 Å². The molecule has 7 heteroatoms. The lowest BCUT2D eigenvalue weighted by Crippen LogP contribution is -1.91.